The lowest BCUT2D eigenvalue weighted by molar-refractivity contribution is -0.00214. The molecule has 1 aromatic heterocycles. The van der Waals surface area contributed by atoms with E-state index in [9.17, 15) is 45.1 Å². The molecule has 5 heterocycles. The van der Waals surface area contributed by atoms with Gasteiger partial charge in [-0.1, -0.05) is 61.2 Å². The third-order valence-corrected chi connectivity index (χ3v) is 17.8. The second kappa shape index (κ2) is 25.5. The molecule has 4 aliphatic rings. The maximum absolute atomic E-state index is 13.6. The highest BCUT2D eigenvalue weighted by Gasteiger charge is 2.35. The monoisotopic (exact) mass is 1250 g/mol. The maximum Gasteiger partial charge on any atom is 0.425 e. The number of aromatic nitrogens is 2. The number of aromatic amines is 1. The number of nitrogens with zero attached hydrogens (tertiary/aromatic N) is 3. The Balaban J connectivity index is 0.00000194. The lowest BCUT2D eigenvalue weighted by atomic mass is 9.91. The third-order valence-electron chi connectivity index (χ3n) is 16.1. The van der Waals surface area contributed by atoms with Crippen molar-refractivity contribution in [2.24, 2.45) is 0 Å². The van der Waals surface area contributed by atoms with Crippen molar-refractivity contribution in [3.05, 3.63) is 180 Å². The molecule has 0 radical (unpaired) electrons. The van der Waals surface area contributed by atoms with Crippen molar-refractivity contribution in [2.45, 2.75) is 75.6 Å². The standard InChI is InChI=1S/C63H58N6O13S2.O3S/c1-2-45-19-22-55(81-45)69-37-43(62(72)66-63(69)73)10-5-6-29-80-30-25-64-60(70)39-13-11-38(12-14-39)36-65-61(71)40-15-17-44(18-16-40)68-28-24-49-57(68)51-33-42-9-4-3-8-41(42)32-50(51)54-35-53-47-21-20-46(84(77,78)79)34-52(47)56-48(58(53)82-59(49)54)23-27-67(56)26-7-31-83(74,75)76;1-4(2)3/h3-4,8-9,11-18,20-21,32-35,37,45,55H,2,7,10,19,22-31,36H2,1H3,(H4-,64,65,66,70,71,72,73,74,75,76,77,78,79);/p+1/t45-,55-;/m1./s1. The first-order chi connectivity index (χ1) is 42.2. The Kier molecular flexibility index (Phi) is 17.6. The van der Waals surface area contributed by atoms with Gasteiger partial charge in [0.2, 0.25) is 5.36 Å². The summed E-state index contributed by atoms with van der Waals surface area (Å²) in [6.45, 7) is 4.17. The summed E-state index contributed by atoms with van der Waals surface area (Å²) >= 11 is 0. The zero-order valence-electron chi connectivity index (χ0n) is 47.4. The number of rotatable bonds is 17. The minimum absolute atomic E-state index is 0.0855. The van der Waals surface area contributed by atoms with Gasteiger partial charge in [-0.2, -0.15) is 16.8 Å². The summed E-state index contributed by atoms with van der Waals surface area (Å²) in [6, 6.07) is 31.4. The van der Waals surface area contributed by atoms with Gasteiger partial charge in [0.1, 0.15) is 37.4 Å². The minimum Gasteiger partial charge on any atom is -0.455 e. The Labute approximate surface area is 505 Å². The Hall–Kier alpha value is -8.87. The van der Waals surface area contributed by atoms with E-state index in [2.05, 4.69) is 62.7 Å². The van der Waals surface area contributed by atoms with E-state index in [1.807, 2.05) is 35.8 Å². The molecule has 1 fully saturated rings. The molecule has 454 valence electrons. The van der Waals surface area contributed by atoms with Crippen LogP contribution in [0.5, 0.6) is 11.5 Å². The smallest absolute Gasteiger partial charge is 0.425 e. The van der Waals surface area contributed by atoms with Crippen LogP contribution in [0.3, 0.4) is 0 Å². The van der Waals surface area contributed by atoms with Gasteiger partial charge in [-0.25, -0.2) is 9.37 Å². The summed E-state index contributed by atoms with van der Waals surface area (Å²) in [4.78, 5) is 55.7. The zero-order chi connectivity index (χ0) is 62.0. The lowest BCUT2D eigenvalue weighted by Crippen LogP contribution is -2.34. The Morgan fingerprint density at radius 1 is 0.818 bits per heavy atom. The molecule has 0 spiro atoms. The van der Waals surface area contributed by atoms with Gasteiger partial charge in [0, 0.05) is 89.2 Å². The van der Waals surface area contributed by atoms with Gasteiger partial charge in [-0.05, 0) is 120 Å². The molecule has 2 amide bonds. The molecule has 7 aromatic carbocycles. The third kappa shape index (κ3) is 13.0. The van der Waals surface area contributed by atoms with Crippen LogP contribution in [0.2, 0.25) is 0 Å². The number of fused-ring (bicyclic) bond motifs is 13. The predicted molar refractivity (Wildman–Crippen MR) is 328 cm³/mol. The number of carbonyl (C=O) groups excluding carboxylic acids is 2. The van der Waals surface area contributed by atoms with Gasteiger partial charge >= 0.3 is 16.3 Å². The van der Waals surface area contributed by atoms with Crippen molar-refractivity contribution < 1.29 is 62.4 Å². The summed E-state index contributed by atoms with van der Waals surface area (Å²) in [7, 11) is -11.9. The van der Waals surface area contributed by atoms with Crippen LogP contribution in [0.15, 0.2) is 124 Å². The number of amides is 2. The molecule has 25 heteroatoms. The van der Waals surface area contributed by atoms with E-state index < -0.39 is 54.1 Å². The van der Waals surface area contributed by atoms with Crippen molar-refractivity contribution in [1.29, 1.82) is 0 Å². The number of anilines is 2. The first-order valence-corrected chi connectivity index (χ1v) is 32.4. The van der Waals surface area contributed by atoms with E-state index in [4.69, 9.17) is 26.8 Å². The van der Waals surface area contributed by atoms with E-state index in [1.54, 1.807) is 42.5 Å². The second-order valence-corrected chi connectivity index (χ2v) is 25.0. The quantitative estimate of drug-likeness (QED) is 0.0257. The molecule has 12 rings (SSSR count). The molecule has 22 nitrogen and oxygen atoms in total. The van der Waals surface area contributed by atoms with Crippen LogP contribution >= 0.6 is 0 Å². The highest BCUT2D eigenvalue weighted by atomic mass is 32.2. The molecule has 0 bridgehead atoms. The molecular weight excluding hydrogens is 1190 g/mol. The van der Waals surface area contributed by atoms with Crippen LogP contribution in [0, 0.1) is 11.8 Å². The number of ether oxygens (including phenoxy) is 3. The molecule has 88 heavy (non-hydrogen) atoms. The summed E-state index contributed by atoms with van der Waals surface area (Å²) in [5, 5.41) is 12.6. The van der Waals surface area contributed by atoms with E-state index in [1.165, 1.54) is 22.9 Å². The highest BCUT2D eigenvalue weighted by molar-refractivity contribution is 7.86. The Morgan fingerprint density at radius 2 is 1.52 bits per heavy atom. The lowest BCUT2D eigenvalue weighted by Gasteiger charge is -2.26. The fourth-order valence-corrected chi connectivity index (χ4v) is 13.0. The van der Waals surface area contributed by atoms with Gasteiger partial charge in [0.05, 0.1) is 40.0 Å². The van der Waals surface area contributed by atoms with Crippen molar-refractivity contribution in [3.63, 3.8) is 0 Å². The Morgan fingerprint density at radius 3 is 2.22 bits per heavy atom. The number of nitrogens with one attached hydrogen (secondary N) is 3. The average molecular weight is 1250 g/mol. The summed E-state index contributed by atoms with van der Waals surface area (Å²) < 4.78 is 116. The molecule has 5 N–H and O–H groups in total. The number of carbonyl (C=O) groups is 2. The van der Waals surface area contributed by atoms with Gasteiger partial charge in [-0.15, -0.1) is 12.6 Å². The number of hydrogen-bond donors (Lipinski definition) is 5. The molecule has 0 unspecified atom stereocenters. The first-order valence-electron chi connectivity index (χ1n) is 28.4. The van der Waals surface area contributed by atoms with Gasteiger partial charge in [0.25, 0.3) is 37.6 Å². The fraction of sp³-hybridized carbons (Fsp3) is 0.286. The SMILES string of the molecule is CC[C@@H]1CC[C@H](n2cc(CC#CCOCCNC(=O)c3ccc(CNC(=O)c4ccc(N5CCc6c7c(c8cc9ccccc9cc8c65)C=c5c(c6c(c8cc(S(=O)(=O)O)ccc58)=[N+](CCCS(=O)(=O)O)CC6)O7)cc4)cc3)c(=O)[nH]c2=O)O1.O=S(=O)=O. The molecule has 8 aromatic rings. The van der Waals surface area contributed by atoms with Crippen LogP contribution in [-0.4, -0.2) is 111 Å². The molecule has 2 atom stereocenters. The van der Waals surface area contributed by atoms with Crippen LogP contribution in [0.1, 0.15) is 87.4 Å². The largest absolute Gasteiger partial charge is 0.455 e. The maximum atomic E-state index is 13.6. The van der Waals surface area contributed by atoms with Crippen LogP contribution in [0.4, 0.5) is 11.4 Å². The fourth-order valence-electron chi connectivity index (χ4n) is 12.0. The minimum atomic E-state index is -4.58. The van der Waals surface area contributed by atoms with E-state index in [-0.39, 0.29) is 68.5 Å². The highest BCUT2D eigenvalue weighted by Crippen LogP contribution is 2.51. The molecule has 1 saturated heterocycles. The first kappa shape index (κ1) is 60.8. The van der Waals surface area contributed by atoms with Crippen LogP contribution < -0.4 is 46.7 Å². The van der Waals surface area contributed by atoms with E-state index in [0.717, 1.165) is 73.2 Å². The van der Waals surface area contributed by atoms with Crippen molar-refractivity contribution in [1.82, 2.24) is 24.8 Å². The molecule has 0 saturated carbocycles. The second-order valence-electron chi connectivity index (χ2n) is 21.6. The van der Waals surface area contributed by atoms with Gasteiger partial charge < -0.3 is 29.7 Å². The normalized spacial score (nSPS) is 15.7. The molecular formula is C63H59N6O16S3+. The van der Waals surface area contributed by atoms with Crippen LogP contribution in [0.25, 0.3) is 38.4 Å². The Bertz CT molecular complexity index is 4850. The van der Waals surface area contributed by atoms with E-state index >= 15 is 0 Å². The van der Waals surface area contributed by atoms with Gasteiger partial charge in [0.15, 0.2) is 0 Å². The number of H-pyrrole nitrogens is 1. The average Bonchev–Trinajstić information content (AvgIpc) is 1.29. The summed E-state index contributed by atoms with van der Waals surface area (Å²) in [5.41, 5.74) is 5.62. The van der Waals surface area contributed by atoms with Crippen molar-refractivity contribution in [2.75, 3.05) is 50.0 Å². The van der Waals surface area contributed by atoms with E-state index in [0.29, 0.717) is 76.7 Å². The topological polar surface area (TPSA) is 307 Å². The van der Waals surface area contributed by atoms with Crippen molar-refractivity contribution in [3.8, 4) is 23.3 Å². The molecule has 4 aliphatic heterocycles. The summed E-state index contributed by atoms with van der Waals surface area (Å²) in [5.74, 6) is 6.11. The summed E-state index contributed by atoms with van der Waals surface area (Å²) in [6.07, 6.45) is 7.10. The predicted octanol–water partition coefficient (Wildman–Crippen LogP) is 5.20. The zero-order valence-corrected chi connectivity index (χ0v) is 49.9. The molecule has 0 aliphatic carbocycles. The number of hydrogen-bond acceptors (Lipinski definition) is 15. The van der Waals surface area contributed by atoms with Crippen molar-refractivity contribution >= 4 is 92.4 Å². The van der Waals surface area contributed by atoms with Gasteiger partial charge in [-0.3, -0.25) is 33.0 Å². The number of benzene rings is 7. The van der Waals surface area contributed by atoms with Crippen LogP contribution in [-0.2, 0) is 66.1 Å².